The van der Waals surface area contributed by atoms with Crippen LogP contribution in [0.1, 0.15) is 51.0 Å². The van der Waals surface area contributed by atoms with Gasteiger partial charge < -0.3 is 4.74 Å². The molecule has 0 aliphatic carbocycles. The van der Waals surface area contributed by atoms with Crippen LogP contribution in [0.2, 0.25) is 0 Å². The summed E-state index contributed by atoms with van der Waals surface area (Å²) >= 11 is 0. The second-order valence-corrected chi connectivity index (χ2v) is 5.68. The highest BCUT2D eigenvalue weighted by atomic mass is 19.4. The molecule has 0 aromatic heterocycles. The van der Waals surface area contributed by atoms with Crippen LogP contribution in [0.4, 0.5) is 17.6 Å². The highest BCUT2D eigenvalue weighted by molar-refractivity contribution is 5.85. The second-order valence-electron chi connectivity index (χ2n) is 5.68. The van der Waals surface area contributed by atoms with E-state index in [2.05, 4.69) is 18.6 Å². The second kappa shape index (κ2) is 7.20. The first-order valence-corrected chi connectivity index (χ1v) is 7.83. The smallest absolute Gasteiger partial charge is 0.403 e. The molecule has 0 unspecified atom stereocenters. The van der Waals surface area contributed by atoms with Crippen molar-refractivity contribution in [2.45, 2.75) is 51.8 Å². The summed E-state index contributed by atoms with van der Waals surface area (Å²) in [6, 6.07) is 7.72. The van der Waals surface area contributed by atoms with Crippen molar-refractivity contribution in [3.63, 3.8) is 0 Å². The Morgan fingerprint density at radius 3 is 2.22 bits per heavy atom. The summed E-state index contributed by atoms with van der Waals surface area (Å²) in [5.74, 6) is -1.38. The molecule has 0 N–H and O–H groups in total. The SMILES string of the molecule is CCCC(CCC)c1ccc2c(F)c(OC(F)(F)F)ccc2c1. The van der Waals surface area contributed by atoms with Crippen LogP contribution in [-0.4, -0.2) is 6.36 Å². The van der Waals surface area contributed by atoms with Gasteiger partial charge in [0.2, 0.25) is 0 Å². The Morgan fingerprint density at radius 1 is 1.00 bits per heavy atom. The van der Waals surface area contributed by atoms with Gasteiger partial charge >= 0.3 is 6.36 Å². The van der Waals surface area contributed by atoms with Gasteiger partial charge in [-0.15, -0.1) is 13.2 Å². The lowest BCUT2D eigenvalue weighted by Crippen LogP contribution is -2.18. The average Bonchev–Trinajstić information content (AvgIpc) is 2.48. The molecule has 0 saturated heterocycles. The molecule has 23 heavy (non-hydrogen) atoms. The van der Waals surface area contributed by atoms with Gasteiger partial charge in [-0.25, -0.2) is 4.39 Å². The third-order valence-electron chi connectivity index (χ3n) is 3.91. The van der Waals surface area contributed by atoms with Crippen LogP contribution in [0, 0.1) is 5.82 Å². The fourth-order valence-corrected chi connectivity index (χ4v) is 2.92. The van der Waals surface area contributed by atoms with Gasteiger partial charge in [-0.3, -0.25) is 0 Å². The minimum atomic E-state index is -4.90. The average molecular weight is 328 g/mol. The van der Waals surface area contributed by atoms with E-state index in [9.17, 15) is 17.6 Å². The molecule has 0 heterocycles. The Kier molecular flexibility index (Phi) is 5.50. The molecule has 5 heteroatoms. The predicted molar refractivity (Wildman–Crippen MR) is 83.1 cm³/mol. The van der Waals surface area contributed by atoms with Crippen molar-refractivity contribution in [2.24, 2.45) is 0 Å². The number of hydrogen-bond acceptors (Lipinski definition) is 1. The number of ether oxygens (including phenoxy) is 1. The molecule has 0 atom stereocenters. The Bertz CT molecular complexity index is 658. The zero-order valence-corrected chi connectivity index (χ0v) is 13.2. The van der Waals surface area contributed by atoms with Crippen LogP contribution in [-0.2, 0) is 0 Å². The Labute approximate surface area is 133 Å². The van der Waals surface area contributed by atoms with E-state index in [4.69, 9.17) is 0 Å². The van der Waals surface area contributed by atoms with Crippen molar-refractivity contribution in [2.75, 3.05) is 0 Å². The molecular formula is C18H20F4O. The summed E-state index contributed by atoms with van der Waals surface area (Å²) in [5.41, 5.74) is 1.10. The third-order valence-corrected chi connectivity index (χ3v) is 3.91. The molecule has 0 aliphatic heterocycles. The molecule has 0 aliphatic rings. The quantitative estimate of drug-likeness (QED) is 0.546. The summed E-state index contributed by atoms with van der Waals surface area (Å²) in [6.45, 7) is 4.23. The monoisotopic (exact) mass is 328 g/mol. The lowest BCUT2D eigenvalue weighted by atomic mass is 9.89. The molecule has 126 valence electrons. The number of halogens is 4. The minimum absolute atomic E-state index is 0.141. The predicted octanol–water partition coefficient (Wildman–Crippen LogP) is 6.56. The summed E-state index contributed by atoms with van der Waals surface area (Å²) < 4.78 is 54.7. The molecule has 2 aromatic carbocycles. The number of alkyl halides is 3. The van der Waals surface area contributed by atoms with Crippen LogP contribution in [0.25, 0.3) is 10.8 Å². The van der Waals surface area contributed by atoms with Crippen molar-refractivity contribution in [1.82, 2.24) is 0 Å². The van der Waals surface area contributed by atoms with Gasteiger partial charge in [0.15, 0.2) is 11.6 Å². The normalized spacial score (nSPS) is 12.1. The molecule has 0 fully saturated rings. The maximum Gasteiger partial charge on any atom is 0.573 e. The van der Waals surface area contributed by atoms with Gasteiger partial charge in [-0.05, 0) is 35.8 Å². The van der Waals surface area contributed by atoms with E-state index in [0.717, 1.165) is 37.3 Å². The molecule has 2 aromatic rings. The molecular weight excluding hydrogens is 308 g/mol. The molecule has 1 nitrogen and oxygen atoms in total. The Morgan fingerprint density at radius 2 is 1.65 bits per heavy atom. The first kappa shape index (κ1) is 17.6. The van der Waals surface area contributed by atoms with Crippen LogP contribution in [0.5, 0.6) is 5.75 Å². The number of fused-ring (bicyclic) bond motifs is 1. The largest absolute Gasteiger partial charge is 0.573 e. The van der Waals surface area contributed by atoms with Crippen LogP contribution < -0.4 is 4.74 Å². The summed E-state index contributed by atoms with van der Waals surface area (Å²) in [7, 11) is 0. The first-order valence-electron chi connectivity index (χ1n) is 7.83. The lowest BCUT2D eigenvalue weighted by Gasteiger charge is -2.17. The third kappa shape index (κ3) is 4.36. The standard InChI is InChI=1S/C18H20F4O/c1-3-5-12(6-4-2)13-7-9-15-14(11-13)8-10-16(17(15)19)23-18(20,21)22/h7-12H,3-6H2,1-2H3. The topological polar surface area (TPSA) is 9.23 Å². The highest BCUT2D eigenvalue weighted by Crippen LogP contribution is 2.34. The Hall–Kier alpha value is -1.78. The van der Waals surface area contributed by atoms with Gasteiger partial charge in [0, 0.05) is 5.39 Å². The van der Waals surface area contributed by atoms with Crippen LogP contribution in [0.3, 0.4) is 0 Å². The molecule has 0 amide bonds. The minimum Gasteiger partial charge on any atom is -0.403 e. The van der Waals surface area contributed by atoms with Crippen LogP contribution >= 0.6 is 0 Å². The molecule has 0 radical (unpaired) electrons. The van der Waals surface area contributed by atoms with Crippen molar-refractivity contribution in [3.8, 4) is 5.75 Å². The van der Waals surface area contributed by atoms with E-state index in [1.807, 2.05) is 6.07 Å². The Balaban J connectivity index is 2.39. The highest BCUT2D eigenvalue weighted by Gasteiger charge is 2.32. The van der Waals surface area contributed by atoms with Crippen molar-refractivity contribution < 1.29 is 22.3 Å². The van der Waals surface area contributed by atoms with E-state index in [1.165, 1.54) is 6.07 Å². The van der Waals surface area contributed by atoms with E-state index in [0.29, 0.717) is 11.3 Å². The summed E-state index contributed by atoms with van der Waals surface area (Å²) in [5, 5.41) is 0.731. The first-order chi connectivity index (χ1) is 10.9. The van der Waals surface area contributed by atoms with Gasteiger partial charge in [-0.1, -0.05) is 51.0 Å². The lowest BCUT2D eigenvalue weighted by molar-refractivity contribution is -0.275. The number of rotatable bonds is 6. The molecule has 0 saturated carbocycles. The van der Waals surface area contributed by atoms with E-state index in [-0.39, 0.29) is 5.39 Å². The fraction of sp³-hybridized carbons (Fsp3) is 0.444. The molecule has 2 rings (SSSR count). The molecule has 0 bridgehead atoms. The van der Waals surface area contributed by atoms with Gasteiger partial charge in [0.25, 0.3) is 0 Å². The number of benzene rings is 2. The zero-order valence-electron chi connectivity index (χ0n) is 13.2. The van der Waals surface area contributed by atoms with Crippen molar-refractivity contribution >= 4 is 10.8 Å². The summed E-state index contributed by atoms with van der Waals surface area (Å²) in [6.07, 6.45) is -0.721. The van der Waals surface area contributed by atoms with Crippen molar-refractivity contribution in [3.05, 3.63) is 41.7 Å². The molecule has 0 spiro atoms. The van der Waals surface area contributed by atoms with E-state index >= 15 is 0 Å². The maximum absolute atomic E-state index is 14.2. The van der Waals surface area contributed by atoms with Gasteiger partial charge in [0.05, 0.1) is 0 Å². The van der Waals surface area contributed by atoms with Crippen LogP contribution in [0.15, 0.2) is 30.3 Å². The van der Waals surface area contributed by atoms with Crippen molar-refractivity contribution in [1.29, 1.82) is 0 Å². The zero-order chi connectivity index (χ0) is 17.0. The maximum atomic E-state index is 14.2. The van der Waals surface area contributed by atoms with E-state index < -0.39 is 17.9 Å². The van der Waals surface area contributed by atoms with E-state index in [1.54, 1.807) is 12.1 Å². The van der Waals surface area contributed by atoms with Gasteiger partial charge in [0.1, 0.15) is 0 Å². The fourth-order valence-electron chi connectivity index (χ4n) is 2.92. The van der Waals surface area contributed by atoms with Gasteiger partial charge in [-0.2, -0.15) is 0 Å². The number of hydrogen-bond donors (Lipinski definition) is 0. The summed E-state index contributed by atoms with van der Waals surface area (Å²) in [4.78, 5) is 0.